The van der Waals surface area contributed by atoms with Crippen LogP contribution in [0.1, 0.15) is 16.7 Å². The van der Waals surface area contributed by atoms with Gasteiger partial charge >= 0.3 is 0 Å². The molecule has 0 saturated carbocycles. The number of imide groups is 1. The molecule has 0 aromatic heterocycles. The van der Waals surface area contributed by atoms with Crippen LogP contribution in [0.15, 0.2) is 47.5 Å². The maximum absolute atomic E-state index is 12.9. The monoisotopic (exact) mass is 354 g/mol. The van der Waals surface area contributed by atoms with Crippen LogP contribution in [0.3, 0.4) is 0 Å². The molecule has 0 N–H and O–H groups in total. The number of hydrogen-bond acceptors (Lipinski definition) is 3. The first kappa shape index (κ1) is 17.2. The van der Waals surface area contributed by atoms with Crippen molar-refractivity contribution in [3.05, 3.63) is 64.2 Å². The minimum absolute atomic E-state index is 0.0371. The van der Waals surface area contributed by atoms with Crippen LogP contribution in [0.25, 0.3) is 5.57 Å². The molecule has 0 bridgehead atoms. The Morgan fingerprint density at radius 3 is 2.08 bits per heavy atom. The largest absolute Gasteiger partial charge is 0.378 e. The van der Waals surface area contributed by atoms with E-state index in [0.29, 0.717) is 11.3 Å². The summed E-state index contributed by atoms with van der Waals surface area (Å²) in [6, 6.07) is 12.8. The maximum Gasteiger partial charge on any atom is 0.277 e. The van der Waals surface area contributed by atoms with Crippen LogP contribution >= 0.6 is 11.6 Å². The number of aryl methyl sites for hydroxylation is 2. The average Bonchev–Trinajstić information content (AvgIpc) is 2.80. The second kappa shape index (κ2) is 6.37. The van der Waals surface area contributed by atoms with Gasteiger partial charge in [0.15, 0.2) is 0 Å². The number of hydrogen-bond donors (Lipinski definition) is 0. The molecule has 1 heterocycles. The molecule has 2 aromatic carbocycles. The van der Waals surface area contributed by atoms with Crippen molar-refractivity contribution in [2.24, 2.45) is 0 Å². The van der Waals surface area contributed by atoms with Crippen molar-refractivity contribution in [3.63, 3.8) is 0 Å². The fourth-order valence-electron chi connectivity index (χ4n) is 2.78. The molecule has 1 aliphatic rings. The molecule has 0 aliphatic carbocycles. The number of halogens is 1. The smallest absolute Gasteiger partial charge is 0.277 e. The summed E-state index contributed by atoms with van der Waals surface area (Å²) in [4.78, 5) is 28.5. The molecule has 0 saturated heterocycles. The van der Waals surface area contributed by atoms with E-state index >= 15 is 0 Å². The quantitative estimate of drug-likeness (QED) is 0.785. The Morgan fingerprint density at radius 1 is 0.880 bits per heavy atom. The predicted molar refractivity (Wildman–Crippen MR) is 102 cm³/mol. The third kappa shape index (κ3) is 2.94. The van der Waals surface area contributed by atoms with Crippen LogP contribution in [0.5, 0.6) is 0 Å². The van der Waals surface area contributed by atoms with Gasteiger partial charge in [0.25, 0.3) is 11.8 Å². The summed E-state index contributed by atoms with van der Waals surface area (Å²) in [6.45, 7) is 3.96. The lowest BCUT2D eigenvalue weighted by Crippen LogP contribution is -2.31. The second-order valence-electron chi connectivity index (χ2n) is 6.34. The third-order valence-electron chi connectivity index (χ3n) is 4.45. The van der Waals surface area contributed by atoms with Gasteiger partial charge in [0.2, 0.25) is 0 Å². The highest BCUT2D eigenvalue weighted by molar-refractivity contribution is 6.60. The van der Waals surface area contributed by atoms with Crippen molar-refractivity contribution in [1.82, 2.24) is 0 Å². The van der Waals surface area contributed by atoms with Gasteiger partial charge in [-0.1, -0.05) is 29.8 Å². The summed E-state index contributed by atoms with van der Waals surface area (Å²) in [5.74, 6) is -0.881. The molecule has 3 rings (SSSR count). The first-order valence-electron chi connectivity index (χ1n) is 7.95. The van der Waals surface area contributed by atoms with Gasteiger partial charge in [0.1, 0.15) is 5.03 Å². The minimum Gasteiger partial charge on any atom is -0.378 e. The van der Waals surface area contributed by atoms with E-state index < -0.39 is 11.8 Å². The fourth-order valence-corrected chi connectivity index (χ4v) is 3.06. The Kier molecular flexibility index (Phi) is 4.39. The van der Waals surface area contributed by atoms with E-state index in [0.717, 1.165) is 21.7 Å². The van der Waals surface area contributed by atoms with Crippen LogP contribution in [0, 0.1) is 13.8 Å². The molecule has 0 fully saturated rings. The second-order valence-corrected chi connectivity index (χ2v) is 6.72. The molecule has 128 valence electrons. The number of carbonyl (C=O) groups is 2. The minimum atomic E-state index is -0.488. The lowest BCUT2D eigenvalue weighted by atomic mass is 10.0. The van der Waals surface area contributed by atoms with Crippen molar-refractivity contribution in [2.75, 3.05) is 23.9 Å². The third-order valence-corrected chi connectivity index (χ3v) is 4.80. The van der Waals surface area contributed by atoms with Gasteiger partial charge in [-0.25, -0.2) is 4.90 Å². The van der Waals surface area contributed by atoms with Gasteiger partial charge < -0.3 is 4.90 Å². The Labute approximate surface area is 152 Å². The first-order valence-corrected chi connectivity index (χ1v) is 8.32. The van der Waals surface area contributed by atoms with E-state index in [1.165, 1.54) is 0 Å². The van der Waals surface area contributed by atoms with Gasteiger partial charge in [0.05, 0.1) is 11.3 Å². The Hall–Kier alpha value is -2.59. The number of carbonyl (C=O) groups excluding carboxylic acids is 2. The Balaban J connectivity index is 2.00. The number of amides is 2. The van der Waals surface area contributed by atoms with Crippen LogP contribution in [-0.2, 0) is 9.59 Å². The zero-order valence-electron chi connectivity index (χ0n) is 14.6. The van der Waals surface area contributed by atoms with Crippen LogP contribution in [0.4, 0.5) is 11.4 Å². The highest BCUT2D eigenvalue weighted by atomic mass is 35.5. The van der Waals surface area contributed by atoms with E-state index in [4.69, 9.17) is 11.6 Å². The molecule has 0 unspecified atom stereocenters. The first-order chi connectivity index (χ1) is 11.8. The summed E-state index contributed by atoms with van der Waals surface area (Å²) >= 11 is 6.24. The van der Waals surface area contributed by atoms with Crippen LogP contribution < -0.4 is 9.80 Å². The van der Waals surface area contributed by atoms with Crippen LogP contribution in [0.2, 0.25) is 0 Å². The lowest BCUT2D eigenvalue weighted by Gasteiger charge is -2.17. The van der Waals surface area contributed by atoms with Gasteiger partial charge in [-0.05, 0) is 54.8 Å². The zero-order chi connectivity index (χ0) is 18.3. The summed E-state index contributed by atoms with van der Waals surface area (Å²) < 4.78 is 0. The van der Waals surface area contributed by atoms with Gasteiger partial charge in [0, 0.05) is 19.8 Å². The Morgan fingerprint density at radius 2 is 1.52 bits per heavy atom. The number of benzene rings is 2. The van der Waals surface area contributed by atoms with Crippen molar-refractivity contribution >= 4 is 40.4 Å². The highest BCUT2D eigenvalue weighted by Gasteiger charge is 2.39. The van der Waals surface area contributed by atoms with Crippen molar-refractivity contribution in [3.8, 4) is 0 Å². The number of rotatable bonds is 3. The molecule has 2 aromatic rings. The summed E-state index contributed by atoms with van der Waals surface area (Å²) in [5.41, 5.74) is 4.58. The molecular formula is C20H19ClN2O2. The lowest BCUT2D eigenvalue weighted by molar-refractivity contribution is -0.119. The fraction of sp³-hybridized carbons (Fsp3) is 0.200. The molecule has 0 atom stereocenters. The highest BCUT2D eigenvalue weighted by Crippen LogP contribution is 2.35. The SMILES string of the molecule is Cc1ccc(C2=C(Cl)C(=O)N(c3ccc(N(C)C)cc3)C2=O)cc1C. The Bertz CT molecular complexity index is 898. The van der Waals surface area contributed by atoms with Crippen molar-refractivity contribution in [1.29, 1.82) is 0 Å². The van der Waals surface area contributed by atoms with Gasteiger partial charge in [-0.15, -0.1) is 0 Å². The van der Waals surface area contributed by atoms with Crippen molar-refractivity contribution < 1.29 is 9.59 Å². The predicted octanol–water partition coefficient (Wildman–Crippen LogP) is 3.89. The maximum atomic E-state index is 12.9. The molecule has 2 amide bonds. The molecule has 4 nitrogen and oxygen atoms in total. The molecule has 25 heavy (non-hydrogen) atoms. The molecule has 0 spiro atoms. The average molecular weight is 355 g/mol. The van der Waals surface area contributed by atoms with Gasteiger partial charge in [-0.3, -0.25) is 9.59 Å². The number of nitrogens with zero attached hydrogens (tertiary/aromatic N) is 2. The standard InChI is InChI=1S/C20H19ClN2O2/c1-12-5-6-14(11-13(12)2)17-18(21)20(25)23(19(17)24)16-9-7-15(8-10-16)22(3)4/h5-11H,1-4H3. The molecule has 1 aliphatic heterocycles. The topological polar surface area (TPSA) is 40.6 Å². The summed E-state index contributed by atoms with van der Waals surface area (Å²) in [6.07, 6.45) is 0. The van der Waals surface area contributed by atoms with Crippen LogP contribution in [-0.4, -0.2) is 25.9 Å². The molecule has 5 heteroatoms. The number of anilines is 2. The van der Waals surface area contributed by atoms with Gasteiger partial charge in [-0.2, -0.15) is 0 Å². The van der Waals surface area contributed by atoms with Crippen molar-refractivity contribution in [2.45, 2.75) is 13.8 Å². The van der Waals surface area contributed by atoms with E-state index in [-0.39, 0.29) is 10.6 Å². The zero-order valence-corrected chi connectivity index (χ0v) is 15.4. The molecule has 0 radical (unpaired) electrons. The molecular weight excluding hydrogens is 336 g/mol. The summed E-state index contributed by atoms with van der Waals surface area (Å²) in [7, 11) is 3.86. The van der Waals surface area contributed by atoms with E-state index in [2.05, 4.69) is 0 Å². The summed E-state index contributed by atoms with van der Waals surface area (Å²) in [5, 5.41) is -0.0371. The van der Waals surface area contributed by atoms with E-state index in [1.807, 2.05) is 63.2 Å². The normalized spacial score (nSPS) is 14.5. The van der Waals surface area contributed by atoms with E-state index in [1.54, 1.807) is 12.1 Å². The van der Waals surface area contributed by atoms with E-state index in [9.17, 15) is 9.59 Å².